The highest BCUT2D eigenvalue weighted by Gasteiger charge is 2.23. The van der Waals surface area contributed by atoms with Crippen molar-refractivity contribution in [2.45, 2.75) is 19.5 Å². The Morgan fingerprint density at radius 3 is 2.70 bits per heavy atom. The van der Waals surface area contributed by atoms with Gasteiger partial charge in [0.1, 0.15) is 0 Å². The molecular weight excluding hydrogens is 320 g/mol. The van der Waals surface area contributed by atoms with Crippen molar-refractivity contribution in [2.24, 2.45) is 10.9 Å². The molecule has 0 saturated carbocycles. The van der Waals surface area contributed by atoms with Crippen molar-refractivity contribution < 1.29 is 5.21 Å². The molecule has 1 aliphatic heterocycles. The topological polar surface area (TPSA) is 65.1 Å². The lowest BCUT2D eigenvalue weighted by Crippen LogP contribution is -2.52. The number of benzene rings is 1. The van der Waals surface area contributed by atoms with Gasteiger partial charge in [-0.05, 0) is 24.6 Å². The van der Waals surface area contributed by atoms with Crippen LogP contribution in [0.1, 0.15) is 12.5 Å². The molecule has 110 valence electrons. The van der Waals surface area contributed by atoms with E-state index in [0.717, 1.165) is 37.2 Å². The summed E-state index contributed by atoms with van der Waals surface area (Å²) in [7, 11) is 0. The maximum absolute atomic E-state index is 8.73. The van der Waals surface area contributed by atoms with Crippen LogP contribution in [-0.4, -0.2) is 53.1 Å². The van der Waals surface area contributed by atoms with Crippen molar-refractivity contribution in [3.63, 3.8) is 0 Å². The summed E-state index contributed by atoms with van der Waals surface area (Å²) in [4.78, 5) is 4.67. The van der Waals surface area contributed by atoms with Crippen LogP contribution in [0.25, 0.3) is 0 Å². The first-order valence-corrected chi connectivity index (χ1v) is 7.57. The summed E-state index contributed by atoms with van der Waals surface area (Å²) in [6.45, 7) is 6.80. The molecule has 1 saturated heterocycles. The number of amidine groups is 1. The molecule has 1 aliphatic rings. The molecule has 1 unspecified atom stereocenters. The zero-order valence-corrected chi connectivity index (χ0v) is 13.3. The average molecular weight is 341 g/mol. The fourth-order valence-corrected chi connectivity index (χ4v) is 2.92. The summed E-state index contributed by atoms with van der Waals surface area (Å²) >= 11 is 3.50. The quantitative estimate of drug-likeness (QED) is 0.379. The molecular formula is C14H21BrN4O. The van der Waals surface area contributed by atoms with E-state index in [0.29, 0.717) is 0 Å². The van der Waals surface area contributed by atoms with E-state index in [2.05, 4.69) is 49.1 Å². The monoisotopic (exact) mass is 340 g/mol. The minimum atomic E-state index is -0.00646. The number of hydrogen-bond donors (Lipinski definition) is 2. The lowest BCUT2D eigenvalue weighted by Gasteiger charge is -2.37. The molecule has 0 aliphatic carbocycles. The highest BCUT2D eigenvalue weighted by Crippen LogP contribution is 2.15. The average Bonchev–Trinajstić information content (AvgIpc) is 2.46. The van der Waals surface area contributed by atoms with Gasteiger partial charge in [-0.15, -0.1) is 0 Å². The van der Waals surface area contributed by atoms with Crippen LogP contribution in [0.4, 0.5) is 0 Å². The van der Waals surface area contributed by atoms with Gasteiger partial charge in [-0.2, -0.15) is 0 Å². The van der Waals surface area contributed by atoms with Gasteiger partial charge < -0.3 is 10.9 Å². The Kier molecular flexibility index (Phi) is 5.39. The lowest BCUT2D eigenvalue weighted by molar-refractivity contribution is 0.116. The summed E-state index contributed by atoms with van der Waals surface area (Å²) in [5, 5.41) is 11.8. The zero-order valence-electron chi connectivity index (χ0n) is 11.7. The van der Waals surface area contributed by atoms with Crippen LogP contribution in [0.2, 0.25) is 0 Å². The molecule has 1 aromatic carbocycles. The highest BCUT2D eigenvalue weighted by atomic mass is 79.9. The molecule has 0 bridgehead atoms. The number of nitrogens with zero attached hydrogens (tertiary/aromatic N) is 3. The van der Waals surface area contributed by atoms with E-state index in [9.17, 15) is 0 Å². The number of rotatable bonds is 4. The van der Waals surface area contributed by atoms with Crippen molar-refractivity contribution >= 4 is 21.8 Å². The molecule has 5 nitrogen and oxygen atoms in total. The van der Waals surface area contributed by atoms with Crippen LogP contribution in [0.5, 0.6) is 0 Å². The number of nitrogens with two attached hydrogens (primary N) is 1. The normalized spacial score (nSPS) is 20.0. The van der Waals surface area contributed by atoms with Gasteiger partial charge in [-0.25, -0.2) is 0 Å². The molecule has 0 aromatic heterocycles. The van der Waals surface area contributed by atoms with Crippen LogP contribution >= 0.6 is 15.9 Å². The lowest BCUT2D eigenvalue weighted by atomic mass is 10.1. The van der Waals surface area contributed by atoms with Gasteiger partial charge in [0.15, 0.2) is 5.84 Å². The summed E-state index contributed by atoms with van der Waals surface area (Å²) in [5.41, 5.74) is 6.98. The van der Waals surface area contributed by atoms with Gasteiger partial charge in [0.05, 0.1) is 6.04 Å². The van der Waals surface area contributed by atoms with Crippen LogP contribution in [0, 0.1) is 0 Å². The zero-order chi connectivity index (χ0) is 14.5. The van der Waals surface area contributed by atoms with E-state index in [1.54, 1.807) is 0 Å². The SMILES string of the molecule is CC(C(N)=NO)N1CCN(Cc2cccc(Br)c2)CC1. The van der Waals surface area contributed by atoms with E-state index >= 15 is 0 Å². The molecule has 2 rings (SSSR count). The number of piperazine rings is 1. The minimum Gasteiger partial charge on any atom is -0.409 e. The van der Waals surface area contributed by atoms with E-state index < -0.39 is 0 Å². The summed E-state index contributed by atoms with van der Waals surface area (Å²) in [6.07, 6.45) is 0. The fraction of sp³-hybridized carbons (Fsp3) is 0.500. The standard InChI is InChI=1S/C14H21BrN4O/c1-11(14(16)17-20)19-7-5-18(6-8-19)10-12-3-2-4-13(15)9-12/h2-4,9,11,20H,5-8,10H2,1H3,(H2,16,17). The van der Waals surface area contributed by atoms with Gasteiger partial charge in [0, 0.05) is 37.2 Å². The Balaban J connectivity index is 1.85. The number of halogens is 1. The fourth-order valence-electron chi connectivity index (χ4n) is 2.47. The molecule has 20 heavy (non-hydrogen) atoms. The van der Waals surface area contributed by atoms with Gasteiger partial charge >= 0.3 is 0 Å². The molecule has 6 heteroatoms. The van der Waals surface area contributed by atoms with Crippen molar-refractivity contribution in [1.82, 2.24) is 9.80 Å². The molecule has 1 fully saturated rings. The Labute approximate surface area is 128 Å². The Morgan fingerprint density at radius 2 is 2.10 bits per heavy atom. The Morgan fingerprint density at radius 1 is 1.40 bits per heavy atom. The third kappa shape index (κ3) is 3.94. The Hall–Kier alpha value is -1.11. The van der Waals surface area contributed by atoms with Crippen LogP contribution < -0.4 is 5.73 Å². The first-order chi connectivity index (χ1) is 9.60. The highest BCUT2D eigenvalue weighted by molar-refractivity contribution is 9.10. The van der Waals surface area contributed by atoms with Gasteiger partial charge in [0.2, 0.25) is 0 Å². The van der Waals surface area contributed by atoms with Gasteiger partial charge in [-0.1, -0.05) is 33.2 Å². The maximum atomic E-state index is 8.73. The first-order valence-electron chi connectivity index (χ1n) is 6.78. The van der Waals surface area contributed by atoms with Crippen LogP contribution in [0.3, 0.4) is 0 Å². The molecule has 0 spiro atoms. The van der Waals surface area contributed by atoms with Crippen molar-refractivity contribution in [1.29, 1.82) is 0 Å². The number of hydrogen-bond acceptors (Lipinski definition) is 4. The van der Waals surface area contributed by atoms with Crippen molar-refractivity contribution in [3.05, 3.63) is 34.3 Å². The third-order valence-electron chi connectivity index (χ3n) is 3.79. The summed E-state index contributed by atoms with van der Waals surface area (Å²) in [5.74, 6) is 0.283. The second-order valence-electron chi connectivity index (χ2n) is 5.14. The molecule has 1 heterocycles. The summed E-state index contributed by atoms with van der Waals surface area (Å²) < 4.78 is 1.12. The first kappa shape index (κ1) is 15.3. The Bertz CT molecular complexity index is 472. The van der Waals surface area contributed by atoms with E-state index in [1.165, 1.54) is 5.56 Å². The molecule has 1 atom stereocenters. The predicted octanol–water partition coefficient (Wildman–Crippen LogP) is 1.70. The molecule has 0 amide bonds. The summed E-state index contributed by atoms with van der Waals surface area (Å²) in [6, 6.07) is 8.41. The smallest absolute Gasteiger partial charge is 0.156 e. The molecule has 0 radical (unpaired) electrons. The van der Waals surface area contributed by atoms with Crippen molar-refractivity contribution in [3.8, 4) is 0 Å². The molecule has 1 aromatic rings. The van der Waals surface area contributed by atoms with Gasteiger partial charge in [0.25, 0.3) is 0 Å². The largest absolute Gasteiger partial charge is 0.409 e. The third-order valence-corrected chi connectivity index (χ3v) is 4.29. The van der Waals surface area contributed by atoms with E-state index in [4.69, 9.17) is 10.9 Å². The predicted molar refractivity (Wildman–Crippen MR) is 83.9 cm³/mol. The van der Waals surface area contributed by atoms with E-state index in [-0.39, 0.29) is 11.9 Å². The molecule has 3 N–H and O–H groups in total. The number of oxime groups is 1. The second kappa shape index (κ2) is 7.06. The van der Waals surface area contributed by atoms with E-state index in [1.807, 2.05) is 13.0 Å². The van der Waals surface area contributed by atoms with Gasteiger partial charge in [-0.3, -0.25) is 9.80 Å². The van der Waals surface area contributed by atoms with Crippen LogP contribution in [-0.2, 0) is 6.54 Å². The maximum Gasteiger partial charge on any atom is 0.156 e. The van der Waals surface area contributed by atoms with Crippen LogP contribution in [0.15, 0.2) is 33.9 Å². The second-order valence-corrected chi connectivity index (χ2v) is 6.06. The minimum absolute atomic E-state index is 0.00646. The van der Waals surface area contributed by atoms with Crippen molar-refractivity contribution in [2.75, 3.05) is 26.2 Å².